The van der Waals surface area contributed by atoms with Crippen LogP contribution in [0, 0.1) is 6.08 Å². The van der Waals surface area contributed by atoms with Crippen LogP contribution in [0.4, 0.5) is 0 Å². The van der Waals surface area contributed by atoms with E-state index < -0.39 is 0 Å². The summed E-state index contributed by atoms with van der Waals surface area (Å²) >= 11 is 0. The predicted octanol–water partition coefficient (Wildman–Crippen LogP) is 5.98. The number of allylic oxidation sites excluding steroid dienone is 4. The fraction of sp³-hybridized carbons (Fsp3) is 0.765. The van der Waals surface area contributed by atoms with E-state index in [1.165, 1.54) is 76.2 Å². The fourth-order valence-corrected chi connectivity index (χ4v) is 2.42. The topological polar surface area (TPSA) is 0 Å². The van der Waals surface area contributed by atoms with E-state index in [0.717, 1.165) is 6.42 Å². The molecule has 1 heteroatoms. The molecule has 0 aliphatic heterocycles. The Bertz CT molecular complexity index is 228. The van der Waals surface area contributed by atoms with Crippen molar-refractivity contribution in [1.82, 2.24) is 0 Å². The second-order valence-corrected chi connectivity index (χ2v) is 5.24. The Hall–Kier alpha value is 0.194. The molecule has 1 aliphatic carbocycles. The van der Waals surface area contributed by atoms with E-state index in [-0.39, 0.29) is 21.7 Å². The fourth-order valence-electron chi connectivity index (χ4n) is 2.42. The molecule has 0 heterocycles. The van der Waals surface area contributed by atoms with Gasteiger partial charge in [-0.15, -0.1) is 6.42 Å². The molecule has 0 saturated heterocycles. The van der Waals surface area contributed by atoms with Crippen molar-refractivity contribution < 1.29 is 21.7 Å². The van der Waals surface area contributed by atoms with Crippen molar-refractivity contribution in [1.29, 1.82) is 0 Å². The summed E-state index contributed by atoms with van der Waals surface area (Å²) < 4.78 is 0. The van der Waals surface area contributed by atoms with Crippen molar-refractivity contribution in [3.8, 4) is 0 Å². The summed E-state index contributed by atoms with van der Waals surface area (Å²) in [5, 5.41) is 0. The van der Waals surface area contributed by atoms with Crippen LogP contribution in [0.25, 0.3) is 0 Å². The smallest absolute Gasteiger partial charge is 0 e. The minimum Gasteiger partial charge on any atom is -0.269 e. The number of hydrogen-bond acceptors (Lipinski definition) is 0. The maximum Gasteiger partial charge on any atom is 0 e. The molecular formula is C17H29Ti-. The monoisotopic (exact) mass is 281 g/mol. The Morgan fingerprint density at radius 2 is 1.44 bits per heavy atom. The quantitative estimate of drug-likeness (QED) is 0.248. The van der Waals surface area contributed by atoms with Gasteiger partial charge in [0, 0.05) is 21.7 Å². The minimum absolute atomic E-state index is 0. The maximum atomic E-state index is 3.39. The summed E-state index contributed by atoms with van der Waals surface area (Å²) in [5.74, 6) is 0. The van der Waals surface area contributed by atoms with Crippen molar-refractivity contribution in [2.75, 3.05) is 0 Å². The van der Waals surface area contributed by atoms with Gasteiger partial charge in [0.05, 0.1) is 0 Å². The molecule has 0 nitrogen and oxygen atoms in total. The van der Waals surface area contributed by atoms with Gasteiger partial charge in [0.15, 0.2) is 0 Å². The first-order valence-corrected chi connectivity index (χ1v) is 7.69. The molecule has 0 spiro atoms. The molecule has 0 N–H and O–H groups in total. The van der Waals surface area contributed by atoms with Gasteiger partial charge in [-0.3, -0.25) is 6.08 Å². The van der Waals surface area contributed by atoms with Crippen molar-refractivity contribution >= 4 is 0 Å². The van der Waals surface area contributed by atoms with E-state index in [1.807, 2.05) is 0 Å². The molecule has 102 valence electrons. The predicted molar refractivity (Wildman–Crippen MR) is 77.0 cm³/mol. The Kier molecular flexibility index (Phi) is 13.8. The van der Waals surface area contributed by atoms with Crippen LogP contribution < -0.4 is 0 Å². The third-order valence-corrected chi connectivity index (χ3v) is 3.57. The number of hydrogen-bond donors (Lipinski definition) is 0. The second-order valence-electron chi connectivity index (χ2n) is 5.24. The molecule has 0 aromatic rings. The van der Waals surface area contributed by atoms with Crippen molar-refractivity contribution in [3.63, 3.8) is 0 Å². The molecular weight excluding hydrogens is 252 g/mol. The summed E-state index contributed by atoms with van der Waals surface area (Å²) in [6.45, 7) is 2.28. The van der Waals surface area contributed by atoms with Crippen LogP contribution in [0.5, 0.6) is 0 Å². The van der Waals surface area contributed by atoms with Crippen LogP contribution in [0.2, 0.25) is 0 Å². The maximum absolute atomic E-state index is 3.39. The van der Waals surface area contributed by atoms with Gasteiger partial charge in [-0.1, -0.05) is 77.6 Å². The summed E-state index contributed by atoms with van der Waals surface area (Å²) in [6.07, 6.45) is 24.4. The molecule has 0 radical (unpaired) electrons. The summed E-state index contributed by atoms with van der Waals surface area (Å²) in [5.41, 5.74) is 1.45. The second kappa shape index (κ2) is 13.6. The van der Waals surface area contributed by atoms with Gasteiger partial charge in [-0.05, 0) is 0 Å². The molecule has 1 rings (SSSR count). The molecule has 0 unspecified atom stereocenters. The largest absolute Gasteiger partial charge is 0.269 e. The van der Waals surface area contributed by atoms with Crippen LogP contribution >= 0.6 is 0 Å². The minimum atomic E-state index is 0. The van der Waals surface area contributed by atoms with E-state index >= 15 is 0 Å². The average molecular weight is 281 g/mol. The van der Waals surface area contributed by atoms with Crippen LogP contribution in [0.15, 0.2) is 17.7 Å². The number of rotatable bonds is 11. The first kappa shape index (κ1) is 18.2. The van der Waals surface area contributed by atoms with Crippen molar-refractivity contribution in [2.45, 2.75) is 84.0 Å². The van der Waals surface area contributed by atoms with Crippen molar-refractivity contribution in [2.24, 2.45) is 0 Å². The Morgan fingerprint density at radius 1 is 0.889 bits per heavy atom. The molecule has 18 heavy (non-hydrogen) atoms. The summed E-state index contributed by atoms with van der Waals surface area (Å²) in [7, 11) is 0. The van der Waals surface area contributed by atoms with Gasteiger partial charge in [-0.2, -0.15) is 6.08 Å². The van der Waals surface area contributed by atoms with Crippen LogP contribution in [-0.2, 0) is 21.7 Å². The number of unbranched alkanes of at least 4 members (excludes halogenated alkanes) is 9. The van der Waals surface area contributed by atoms with Crippen LogP contribution in [0.1, 0.15) is 84.0 Å². The van der Waals surface area contributed by atoms with Gasteiger partial charge < -0.3 is 0 Å². The standard InChI is InChI=1S/C17H29.Ti/c1-2-3-4-5-6-7-8-9-10-11-14-17-15-12-13-16-17;/h12,15H,2-11,13-14H2,1H3;/q-1;. The van der Waals surface area contributed by atoms with E-state index in [2.05, 4.69) is 25.2 Å². The molecule has 0 amide bonds. The van der Waals surface area contributed by atoms with Crippen LogP contribution in [-0.4, -0.2) is 0 Å². The van der Waals surface area contributed by atoms with E-state index in [4.69, 9.17) is 0 Å². The SMILES string of the molecule is CCCCCCCCCCCCC1=[C-]CC=C1.[Ti]. The van der Waals surface area contributed by atoms with E-state index in [1.54, 1.807) is 0 Å². The van der Waals surface area contributed by atoms with E-state index in [0.29, 0.717) is 0 Å². The first-order valence-electron chi connectivity index (χ1n) is 7.69. The third-order valence-electron chi connectivity index (χ3n) is 3.57. The molecule has 1 aliphatic rings. The van der Waals surface area contributed by atoms with Gasteiger partial charge in [-0.25, -0.2) is 11.6 Å². The third kappa shape index (κ3) is 10.1. The zero-order valence-corrected chi connectivity index (χ0v) is 13.7. The zero-order chi connectivity index (χ0) is 12.2. The molecule has 0 atom stereocenters. The van der Waals surface area contributed by atoms with Gasteiger partial charge in [0.25, 0.3) is 0 Å². The van der Waals surface area contributed by atoms with Gasteiger partial charge in [0.1, 0.15) is 0 Å². The molecule has 0 fully saturated rings. The molecule has 0 aromatic carbocycles. The zero-order valence-electron chi connectivity index (χ0n) is 12.1. The molecule has 0 aromatic heterocycles. The first-order chi connectivity index (χ1) is 8.43. The van der Waals surface area contributed by atoms with Gasteiger partial charge in [0.2, 0.25) is 0 Å². The Balaban J connectivity index is 0.00000289. The van der Waals surface area contributed by atoms with Crippen LogP contribution in [0.3, 0.4) is 0 Å². The molecule has 0 saturated carbocycles. The summed E-state index contributed by atoms with van der Waals surface area (Å²) in [4.78, 5) is 0. The summed E-state index contributed by atoms with van der Waals surface area (Å²) in [6, 6.07) is 0. The molecule has 0 bridgehead atoms. The average Bonchev–Trinajstić information content (AvgIpc) is 2.85. The Labute approximate surface area is 129 Å². The normalized spacial score (nSPS) is 13.5. The van der Waals surface area contributed by atoms with Gasteiger partial charge >= 0.3 is 0 Å². The van der Waals surface area contributed by atoms with Crippen molar-refractivity contribution in [3.05, 3.63) is 23.8 Å². The Morgan fingerprint density at radius 3 is 1.94 bits per heavy atom. The van der Waals surface area contributed by atoms with E-state index in [9.17, 15) is 0 Å².